The third kappa shape index (κ3) is 5.95. The van der Waals surface area contributed by atoms with E-state index in [1.807, 2.05) is 55.5 Å². The molecule has 1 N–H and O–H groups in total. The van der Waals surface area contributed by atoms with E-state index < -0.39 is 0 Å². The Morgan fingerprint density at radius 1 is 1.03 bits per heavy atom. The zero-order valence-electron chi connectivity index (χ0n) is 20.2. The Morgan fingerprint density at radius 2 is 1.80 bits per heavy atom. The zero-order chi connectivity index (χ0) is 24.6. The van der Waals surface area contributed by atoms with Crippen molar-refractivity contribution < 1.29 is 14.3 Å². The number of hydrogen-bond acceptors (Lipinski definition) is 5. The number of aromatic nitrogens is 3. The lowest BCUT2D eigenvalue weighted by Gasteiger charge is -2.21. The van der Waals surface area contributed by atoms with Crippen molar-refractivity contribution in [2.24, 2.45) is 0 Å². The molecule has 0 saturated heterocycles. The monoisotopic (exact) mass is 473 g/mol. The second-order valence-electron chi connectivity index (χ2n) is 8.43. The highest BCUT2D eigenvalue weighted by Crippen LogP contribution is 2.26. The van der Waals surface area contributed by atoms with Crippen LogP contribution in [-0.2, 0) is 29.2 Å². The van der Waals surface area contributed by atoms with E-state index in [-0.39, 0.29) is 18.6 Å². The number of rotatable bonds is 10. The summed E-state index contributed by atoms with van der Waals surface area (Å²) < 4.78 is 7.75. The normalized spacial score (nSPS) is 11.0. The van der Waals surface area contributed by atoms with Gasteiger partial charge >= 0.3 is 6.09 Å². The van der Waals surface area contributed by atoms with Crippen LogP contribution in [-0.4, -0.2) is 44.5 Å². The first-order valence-corrected chi connectivity index (χ1v) is 12.0. The summed E-state index contributed by atoms with van der Waals surface area (Å²) in [5.41, 5.74) is 3.66. The van der Waals surface area contributed by atoms with Gasteiger partial charge in [-0.2, -0.15) is 0 Å². The van der Waals surface area contributed by atoms with Crippen molar-refractivity contribution in [3.05, 3.63) is 72.2 Å². The van der Waals surface area contributed by atoms with Crippen LogP contribution < -0.4 is 5.32 Å². The maximum absolute atomic E-state index is 12.9. The molecule has 4 rings (SSSR count). The number of benzene rings is 2. The van der Waals surface area contributed by atoms with Gasteiger partial charge in [0.05, 0.1) is 23.8 Å². The molecule has 182 valence electrons. The molecule has 2 heterocycles. The van der Waals surface area contributed by atoms with E-state index in [9.17, 15) is 9.59 Å². The van der Waals surface area contributed by atoms with Gasteiger partial charge in [0.2, 0.25) is 5.91 Å². The number of fused-ring (bicyclic) bond motifs is 3. The number of aryl methyl sites for hydroxylation is 1. The Kier molecular flexibility index (Phi) is 7.92. The molecule has 0 saturated carbocycles. The molecule has 0 radical (unpaired) electrons. The second-order valence-corrected chi connectivity index (χ2v) is 8.43. The summed E-state index contributed by atoms with van der Waals surface area (Å²) >= 11 is 0. The highest BCUT2D eigenvalue weighted by molar-refractivity contribution is 6.02. The van der Waals surface area contributed by atoms with Gasteiger partial charge in [0, 0.05) is 31.9 Å². The van der Waals surface area contributed by atoms with Gasteiger partial charge in [-0.3, -0.25) is 9.78 Å². The van der Waals surface area contributed by atoms with Gasteiger partial charge in [0.1, 0.15) is 17.9 Å². The Bertz CT molecular complexity index is 1300. The van der Waals surface area contributed by atoms with E-state index in [4.69, 9.17) is 9.72 Å². The number of carbonyl (C=O) groups excluding carboxylic acids is 2. The van der Waals surface area contributed by atoms with Crippen molar-refractivity contribution in [1.29, 1.82) is 0 Å². The fourth-order valence-corrected chi connectivity index (χ4v) is 4.12. The second kappa shape index (κ2) is 11.5. The molecule has 0 atom stereocenters. The van der Waals surface area contributed by atoms with Crippen LogP contribution in [0.25, 0.3) is 21.9 Å². The maximum atomic E-state index is 12.9. The highest BCUT2D eigenvalue weighted by atomic mass is 16.6. The number of carbonyl (C=O) groups is 2. The van der Waals surface area contributed by atoms with Gasteiger partial charge in [-0.05, 0) is 31.4 Å². The summed E-state index contributed by atoms with van der Waals surface area (Å²) in [6, 6.07) is 17.7. The summed E-state index contributed by atoms with van der Waals surface area (Å²) in [5, 5.41) is 3.88. The summed E-state index contributed by atoms with van der Waals surface area (Å²) in [7, 11) is 0. The van der Waals surface area contributed by atoms with E-state index >= 15 is 0 Å². The largest absolute Gasteiger partial charge is 0.445 e. The van der Waals surface area contributed by atoms with Crippen molar-refractivity contribution in [3.8, 4) is 0 Å². The van der Waals surface area contributed by atoms with Crippen LogP contribution in [0.5, 0.6) is 0 Å². The number of nitrogens with zero attached hydrogens (tertiary/aromatic N) is 4. The molecule has 2 amide bonds. The van der Waals surface area contributed by atoms with Crippen LogP contribution in [0.15, 0.2) is 60.8 Å². The van der Waals surface area contributed by atoms with Crippen LogP contribution >= 0.6 is 0 Å². The molecule has 2 aromatic heterocycles. The molecule has 0 bridgehead atoms. The molecule has 0 aliphatic carbocycles. The van der Waals surface area contributed by atoms with E-state index in [0.717, 1.165) is 52.7 Å². The number of amides is 2. The smallest absolute Gasteiger partial charge is 0.410 e. The molecule has 8 nitrogen and oxygen atoms in total. The minimum Gasteiger partial charge on any atom is -0.445 e. The first-order valence-electron chi connectivity index (χ1n) is 12.0. The van der Waals surface area contributed by atoms with Crippen LogP contribution in [0.3, 0.4) is 0 Å². The molecule has 0 fully saturated rings. The molecule has 0 aliphatic rings. The summed E-state index contributed by atoms with van der Waals surface area (Å²) in [6.07, 6.45) is 3.13. The fraction of sp³-hybridized carbons (Fsp3) is 0.333. The molecule has 8 heteroatoms. The Hall–Kier alpha value is -3.94. The van der Waals surface area contributed by atoms with Crippen molar-refractivity contribution in [2.75, 3.05) is 13.1 Å². The van der Waals surface area contributed by atoms with E-state index in [1.165, 1.54) is 6.92 Å². The molecule has 2 aromatic carbocycles. The number of pyridine rings is 1. The lowest BCUT2D eigenvalue weighted by molar-refractivity contribution is -0.118. The molecular weight excluding hydrogens is 442 g/mol. The summed E-state index contributed by atoms with van der Waals surface area (Å²) in [4.78, 5) is 35.1. The fourth-order valence-electron chi connectivity index (χ4n) is 4.12. The number of para-hydroxylation sites is 1. The van der Waals surface area contributed by atoms with Gasteiger partial charge < -0.3 is 19.5 Å². The van der Waals surface area contributed by atoms with Crippen LogP contribution in [0, 0.1) is 0 Å². The molecular formula is C27H31N5O3. The summed E-state index contributed by atoms with van der Waals surface area (Å²) in [6.45, 7) is 5.86. The Morgan fingerprint density at radius 3 is 2.57 bits per heavy atom. The minimum absolute atomic E-state index is 0.0246. The predicted molar refractivity (Wildman–Crippen MR) is 136 cm³/mol. The summed E-state index contributed by atoms with van der Waals surface area (Å²) in [5.74, 6) is 0.764. The van der Waals surface area contributed by atoms with E-state index in [0.29, 0.717) is 19.6 Å². The number of hydrogen-bond donors (Lipinski definition) is 1. The highest BCUT2D eigenvalue weighted by Gasteiger charge is 2.20. The Labute approximate surface area is 204 Å². The zero-order valence-corrected chi connectivity index (χ0v) is 20.2. The van der Waals surface area contributed by atoms with Gasteiger partial charge in [0.25, 0.3) is 0 Å². The van der Waals surface area contributed by atoms with Gasteiger partial charge in [-0.15, -0.1) is 0 Å². The third-order valence-corrected chi connectivity index (χ3v) is 5.92. The minimum atomic E-state index is -0.372. The average molecular weight is 474 g/mol. The van der Waals surface area contributed by atoms with Gasteiger partial charge in [-0.25, -0.2) is 9.78 Å². The Balaban J connectivity index is 1.57. The SMILES string of the molecule is CCN(Cc1nc2cnc3ccccc3c2n1CCCCNC(C)=O)C(=O)OCc1ccccc1. The molecule has 0 spiro atoms. The number of ether oxygens (including phenoxy) is 1. The quantitative estimate of drug-likeness (QED) is 0.339. The van der Waals surface area contributed by atoms with Crippen molar-refractivity contribution in [3.63, 3.8) is 0 Å². The van der Waals surface area contributed by atoms with Crippen LogP contribution in [0.4, 0.5) is 4.79 Å². The van der Waals surface area contributed by atoms with Gasteiger partial charge in [-0.1, -0.05) is 48.5 Å². The molecule has 0 aliphatic heterocycles. The molecule has 35 heavy (non-hydrogen) atoms. The van der Waals surface area contributed by atoms with Crippen LogP contribution in [0.2, 0.25) is 0 Å². The van der Waals surface area contributed by atoms with Crippen molar-refractivity contribution >= 4 is 33.9 Å². The van der Waals surface area contributed by atoms with Crippen molar-refractivity contribution in [1.82, 2.24) is 24.8 Å². The predicted octanol–water partition coefficient (Wildman–Crippen LogP) is 4.66. The van der Waals surface area contributed by atoms with E-state index in [1.54, 1.807) is 11.1 Å². The van der Waals surface area contributed by atoms with Gasteiger partial charge in [0.15, 0.2) is 0 Å². The molecule has 4 aromatic rings. The topological polar surface area (TPSA) is 89.4 Å². The van der Waals surface area contributed by atoms with Crippen molar-refractivity contribution in [2.45, 2.75) is 46.4 Å². The number of nitrogens with one attached hydrogen (secondary N) is 1. The molecule has 0 unspecified atom stereocenters. The van der Waals surface area contributed by atoms with Crippen LogP contribution in [0.1, 0.15) is 38.1 Å². The first-order chi connectivity index (χ1) is 17.1. The number of unbranched alkanes of at least 4 members (excludes halogenated alkanes) is 1. The first kappa shape index (κ1) is 24.2. The van der Waals surface area contributed by atoms with E-state index in [2.05, 4.69) is 20.9 Å². The lowest BCUT2D eigenvalue weighted by atomic mass is 10.2. The third-order valence-electron chi connectivity index (χ3n) is 5.92. The lowest BCUT2D eigenvalue weighted by Crippen LogP contribution is -2.32. The average Bonchev–Trinajstić information content (AvgIpc) is 3.23. The maximum Gasteiger partial charge on any atom is 0.410 e. The number of imidazole rings is 1. The standard InChI is InChI=1S/C27H31N5O3/c1-3-31(27(34)35-19-21-11-5-4-6-12-21)18-25-30-24-17-29-23-14-8-7-13-22(23)26(24)32(25)16-10-9-15-28-20(2)33/h4-8,11-14,17H,3,9-10,15-16,18-19H2,1-2H3,(H,28,33).